The first kappa shape index (κ1) is 18.0. The topological polar surface area (TPSA) is 63.1 Å². The first-order valence-electron chi connectivity index (χ1n) is 9.54. The van der Waals surface area contributed by atoms with Gasteiger partial charge in [-0.2, -0.15) is 5.10 Å². The van der Waals surface area contributed by atoms with Gasteiger partial charge in [0.2, 0.25) is 0 Å². The molecule has 3 aromatic heterocycles. The first-order chi connectivity index (χ1) is 13.1. The maximum Gasteiger partial charge on any atom is 0.158 e. The second kappa shape index (κ2) is 7.35. The van der Waals surface area contributed by atoms with Gasteiger partial charge in [0.25, 0.3) is 0 Å². The molecular weight excluding hydrogens is 354 g/mol. The van der Waals surface area contributed by atoms with Crippen LogP contribution in [-0.2, 0) is 12.8 Å². The Morgan fingerprint density at radius 2 is 2.19 bits per heavy atom. The van der Waals surface area contributed by atoms with Crippen LogP contribution in [-0.4, -0.2) is 21.2 Å². The summed E-state index contributed by atoms with van der Waals surface area (Å²) in [5.74, 6) is 1.48. The van der Waals surface area contributed by atoms with Gasteiger partial charge >= 0.3 is 0 Å². The van der Waals surface area contributed by atoms with Gasteiger partial charge in [-0.1, -0.05) is 33.3 Å². The van der Waals surface area contributed by atoms with Crippen LogP contribution >= 0.6 is 11.3 Å². The Labute approximate surface area is 164 Å². The lowest BCUT2D eigenvalue weighted by Gasteiger charge is -2.36. The Hall–Kier alpha value is -2.34. The molecule has 0 saturated heterocycles. The van der Waals surface area contributed by atoms with Gasteiger partial charge in [0.15, 0.2) is 5.82 Å². The van der Waals surface area contributed by atoms with Gasteiger partial charge in [-0.25, -0.2) is 9.97 Å². The van der Waals surface area contributed by atoms with E-state index in [9.17, 15) is 0 Å². The minimum absolute atomic E-state index is 0.353. The lowest BCUT2D eigenvalue weighted by atomic mass is 9.69. The SMILES string of the molecule is CCC(C)(C)C1CCc2sc3ncnc(N/N=C\c4ccccn4)c3c2C1. The highest BCUT2D eigenvalue weighted by molar-refractivity contribution is 7.19. The fourth-order valence-corrected chi connectivity index (χ4v) is 4.94. The Balaban J connectivity index is 1.65. The van der Waals surface area contributed by atoms with E-state index in [0.717, 1.165) is 34.6 Å². The predicted octanol–water partition coefficient (Wildman–Crippen LogP) is 5.07. The number of hydrogen-bond donors (Lipinski definition) is 1. The highest BCUT2D eigenvalue weighted by Crippen LogP contribution is 2.45. The van der Waals surface area contributed by atoms with E-state index < -0.39 is 0 Å². The van der Waals surface area contributed by atoms with Gasteiger partial charge in [-0.05, 0) is 48.3 Å². The molecule has 0 fully saturated rings. The molecule has 5 nitrogen and oxygen atoms in total. The van der Waals surface area contributed by atoms with Gasteiger partial charge in [-0.15, -0.1) is 11.3 Å². The second-order valence-corrected chi connectivity index (χ2v) is 8.90. The maximum absolute atomic E-state index is 4.52. The van der Waals surface area contributed by atoms with Crippen LogP contribution in [0, 0.1) is 11.3 Å². The molecular formula is C21H25N5S. The van der Waals surface area contributed by atoms with E-state index in [0.29, 0.717) is 11.3 Å². The number of hydrazone groups is 1. The van der Waals surface area contributed by atoms with Crippen LogP contribution in [0.15, 0.2) is 35.8 Å². The fourth-order valence-electron chi connectivity index (χ4n) is 3.76. The van der Waals surface area contributed by atoms with Crippen molar-refractivity contribution < 1.29 is 0 Å². The molecule has 4 rings (SSSR count). The van der Waals surface area contributed by atoms with E-state index in [4.69, 9.17) is 0 Å². The summed E-state index contributed by atoms with van der Waals surface area (Å²) in [5.41, 5.74) is 5.71. The number of aryl methyl sites for hydroxylation is 1. The monoisotopic (exact) mass is 379 g/mol. The van der Waals surface area contributed by atoms with Crippen LogP contribution in [0.2, 0.25) is 0 Å². The van der Waals surface area contributed by atoms with E-state index in [-0.39, 0.29) is 0 Å². The zero-order valence-electron chi connectivity index (χ0n) is 16.1. The fraction of sp³-hybridized carbons (Fsp3) is 0.429. The Bertz CT molecular complexity index is 961. The zero-order chi connectivity index (χ0) is 18.9. The molecule has 3 heterocycles. The molecule has 1 aliphatic rings. The summed E-state index contributed by atoms with van der Waals surface area (Å²) >= 11 is 1.81. The summed E-state index contributed by atoms with van der Waals surface area (Å²) in [6.45, 7) is 7.08. The van der Waals surface area contributed by atoms with E-state index in [2.05, 4.69) is 46.3 Å². The van der Waals surface area contributed by atoms with Gasteiger partial charge in [-0.3, -0.25) is 10.4 Å². The summed E-state index contributed by atoms with van der Waals surface area (Å²) in [4.78, 5) is 15.8. The van der Waals surface area contributed by atoms with Crippen LogP contribution in [0.25, 0.3) is 10.2 Å². The molecule has 0 bridgehead atoms. The first-order valence-corrected chi connectivity index (χ1v) is 10.4. The number of rotatable bonds is 5. The highest BCUT2D eigenvalue weighted by Gasteiger charge is 2.33. The van der Waals surface area contributed by atoms with Crippen LogP contribution in [0.3, 0.4) is 0 Å². The van der Waals surface area contributed by atoms with Crippen LogP contribution in [0.4, 0.5) is 5.82 Å². The average molecular weight is 380 g/mol. The summed E-state index contributed by atoms with van der Waals surface area (Å²) in [7, 11) is 0. The van der Waals surface area contributed by atoms with Crippen molar-refractivity contribution >= 4 is 33.6 Å². The molecule has 0 amide bonds. The van der Waals surface area contributed by atoms with Crippen molar-refractivity contribution in [2.75, 3.05) is 5.43 Å². The van der Waals surface area contributed by atoms with Crippen molar-refractivity contribution in [1.82, 2.24) is 15.0 Å². The number of anilines is 1. The van der Waals surface area contributed by atoms with Crippen molar-refractivity contribution in [3.05, 3.63) is 46.9 Å². The standard InChI is InChI=1S/C21H25N5S/c1-4-21(2,3)14-8-9-17-16(11-14)18-19(23-13-24-20(18)27-17)26-25-12-15-7-5-6-10-22-15/h5-7,10,12-14H,4,8-9,11H2,1-3H3,(H,23,24,26)/b25-12-. The molecule has 1 aliphatic carbocycles. The van der Waals surface area contributed by atoms with Crippen molar-refractivity contribution in [1.29, 1.82) is 0 Å². The number of fused-ring (bicyclic) bond motifs is 3. The third-order valence-corrected chi connectivity index (χ3v) is 7.11. The quantitative estimate of drug-likeness (QED) is 0.496. The van der Waals surface area contributed by atoms with Crippen molar-refractivity contribution in [3.8, 4) is 0 Å². The number of pyridine rings is 1. The lowest BCUT2D eigenvalue weighted by Crippen LogP contribution is -2.28. The third kappa shape index (κ3) is 3.58. The van der Waals surface area contributed by atoms with E-state index in [1.54, 1.807) is 18.7 Å². The molecule has 1 unspecified atom stereocenters. The summed E-state index contributed by atoms with van der Waals surface area (Å²) in [6.07, 6.45) is 9.80. The minimum atomic E-state index is 0.353. The van der Waals surface area contributed by atoms with Gasteiger partial charge in [0, 0.05) is 11.1 Å². The Morgan fingerprint density at radius 1 is 1.30 bits per heavy atom. The summed E-state index contributed by atoms with van der Waals surface area (Å²) in [6, 6.07) is 5.76. The van der Waals surface area contributed by atoms with Crippen LogP contribution in [0.1, 0.15) is 49.7 Å². The summed E-state index contributed by atoms with van der Waals surface area (Å²) < 4.78 is 0. The second-order valence-electron chi connectivity index (χ2n) is 7.81. The number of nitrogens with one attached hydrogen (secondary N) is 1. The predicted molar refractivity (Wildman–Crippen MR) is 112 cm³/mol. The van der Waals surface area contributed by atoms with E-state index in [1.165, 1.54) is 23.3 Å². The highest BCUT2D eigenvalue weighted by atomic mass is 32.1. The molecule has 0 spiro atoms. The Morgan fingerprint density at radius 3 is 2.96 bits per heavy atom. The third-order valence-electron chi connectivity index (χ3n) is 5.91. The van der Waals surface area contributed by atoms with Crippen molar-refractivity contribution in [3.63, 3.8) is 0 Å². The molecule has 140 valence electrons. The molecule has 6 heteroatoms. The number of aromatic nitrogens is 3. The molecule has 0 aromatic carbocycles. The van der Waals surface area contributed by atoms with Gasteiger partial charge < -0.3 is 0 Å². The van der Waals surface area contributed by atoms with Crippen LogP contribution < -0.4 is 5.43 Å². The lowest BCUT2D eigenvalue weighted by molar-refractivity contribution is 0.184. The van der Waals surface area contributed by atoms with Gasteiger partial charge in [0.1, 0.15) is 11.2 Å². The zero-order valence-corrected chi connectivity index (χ0v) is 16.9. The smallest absolute Gasteiger partial charge is 0.158 e. The molecule has 0 saturated carbocycles. The molecule has 0 aliphatic heterocycles. The molecule has 1 N–H and O–H groups in total. The van der Waals surface area contributed by atoms with Gasteiger partial charge in [0.05, 0.1) is 17.3 Å². The van der Waals surface area contributed by atoms with E-state index in [1.807, 2.05) is 29.5 Å². The largest absolute Gasteiger partial charge is 0.261 e. The molecule has 27 heavy (non-hydrogen) atoms. The minimum Gasteiger partial charge on any atom is -0.261 e. The Kier molecular flexibility index (Phi) is 4.91. The van der Waals surface area contributed by atoms with Crippen molar-refractivity contribution in [2.45, 2.75) is 46.5 Å². The molecule has 0 radical (unpaired) electrons. The number of thiophene rings is 1. The molecule has 1 atom stereocenters. The summed E-state index contributed by atoms with van der Waals surface area (Å²) in [5, 5.41) is 5.50. The molecule has 3 aromatic rings. The van der Waals surface area contributed by atoms with Crippen LogP contribution in [0.5, 0.6) is 0 Å². The number of nitrogens with zero attached hydrogens (tertiary/aromatic N) is 4. The van der Waals surface area contributed by atoms with Crippen molar-refractivity contribution in [2.24, 2.45) is 16.4 Å². The number of hydrogen-bond acceptors (Lipinski definition) is 6. The maximum atomic E-state index is 4.52. The average Bonchev–Trinajstić information content (AvgIpc) is 3.07. The van der Waals surface area contributed by atoms with E-state index >= 15 is 0 Å². The normalized spacial score (nSPS) is 17.4.